The van der Waals surface area contributed by atoms with E-state index in [1.54, 1.807) is 18.0 Å². The number of hydrogen-bond donors (Lipinski definition) is 1. The lowest BCUT2D eigenvalue weighted by molar-refractivity contribution is 0.104. The number of fused-ring (bicyclic) bond motifs is 1. The molecule has 0 radical (unpaired) electrons. The molecule has 0 aliphatic rings. The average molecular weight is 302 g/mol. The number of thioether (sulfide) groups is 1. The van der Waals surface area contributed by atoms with Crippen LogP contribution in [0.4, 0.5) is 0 Å². The zero-order chi connectivity index (χ0) is 14.1. The van der Waals surface area contributed by atoms with Crippen molar-refractivity contribution in [3.8, 4) is 0 Å². The predicted molar refractivity (Wildman–Crippen MR) is 85.0 cm³/mol. The van der Waals surface area contributed by atoms with Crippen LogP contribution in [0.25, 0.3) is 10.9 Å². The quantitative estimate of drug-likeness (QED) is 0.558. The maximum absolute atomic E-state index is 12.6. The van der Waals surface area contributed by atoms with Crippen LogP contribution in [-0.2, 0) is 0 Å². The summed E-state index contributed by atoms with van der Waals surface area (Å²) >= 11 is 7.67. The Balaban J connectivity index is 2.05. The van der Waals surface area contributed by atoms with Crippen molar-refractivity contribution in [2.45, 2.75) is 4.90 Å². The van der Waals surface area contributed by atoms with Crippen molar-refractivity contribution in [1.29, 1.82) is 0 Å². The van der Waals surface area contributed by atoms with Crippen LogP contribution >= 0.6 is 23.4 Å². The molecule has 0 aliphatic heterocycles. The number of H-pyrrole nitrogens is 1. The number of carbonyl (C=O) groups is 1. The van der Waals surface area contributed by atoms with Gasteiger partial charge >= 0.3 is 0 Å². The largest absolute Gasteiger partial charge is 0.360 e. The summed E-state index contributed by atoms with van der Waals surface area (Å²) < 4.78 is 0. The van der Waals surface area contributed by atoms with Crippen molar-refractivity contribution in [2.75, 3.05) is 6.26 Å². The summed E-state index contributed by atoms with van der Waals surface area (Å²) in [6.07, 6.45) is 3.75. The number of halogens is 1. The monoisotopic (exact) mass is 301 g/mol. The minimum atomic E-state index is 0.00571. The van der Waals surface area contributed by atoms with Gasteiger partial charge in [0.05, 0.1) is 0 Å². The molecular weight excluding hydrogens is 290 g/mol. The van der Waals surface area contributed by atoms with Crippen LogP contribution in [0.2, 0.25) is 5.02 Å². The molecule has 20 heavy (non-hydrogen) atoms. The summed E-state index contributed by atoms with van der Waals surface area (Å²) in [5.74, 6) is 0.00571. The van der Waals surface area contributed by atoms with Crippen LogP contribution in [0.1, 0.15) is 15.9 Å². The van der Waals surface area contributed by atoms with Gasteiger partial charge in [-0.25, -0.2) is 0 Å². The summed E-state index contributed by atoms with van der Waals surface area (Å²) in [4.78, 5) is 16.8. The summed E-state index contributed by atoms with van der Waals surface area (Å²) in [7, 11) is 0. The summed E-state index contributed by atoms with van der Waals surface area (Å²) in [6.45, 7) is 0. The molecular formula is C16H12ClNOS. The first-order valence-corrected chi connectivity index (χ1v) is 7.74. The Morgan fingerprint density at radius 2 is 1.90 bits per heavy atom. The van der Waals surface area contributed by atoms with Gasteiger partial charge in [0.15, 0.2) is 5.78 Å². The molecule has 1 heterocycles. The molecule has 0 saturated heterocycles. The van der Waals surface area contributed by atoms with E-state index in [1.807, 2.05) is 48.7 Å². The van der Waals surface area contributed by atoms with Crippen molar-refractivity contribution >= 4 is 40.0 Å². The third-order valence-corrected chi connectivity index (χ3v) is 4.22. The van der Waals surface area contributed by atoms with Gasteiger partial charge in [-0.2, -0.15) is 0 Å². The minimum Gasteiger partial charge on any atom is -0.360 e. The molecule has 100 valence electrons. The van der Waals surface area contributed by atoms with Gasteiger partial charge in [0.1, 0.15) is 0 Å². The van der Waals surface area contributed by atoms with E-state index in [2.05, 4.69) is 4.98 Å². The van der Waals surface area contributed by atoms with Gasteiger partial charge in [0, 0.05) is 38.1 Å². The second-order valence-electron chi connectivity index (χ2n) is 4.45. The normalized spacial score (nSPS) is 10.9. The Labute approximate surface area is 126 Å². The van der Waals surface area contributed by atoms with E-state index in [-0.39, 0.29) is 5.78 Å². The third-order valence-electron chi connectivity index (χ3n) is 3.24. The molecule has 1 aromatic heterocycles. The number of rotatable bonds is 3. The molecule has 0 atom stereocenters. The Morgan fingerprint density at radius 1 is 1.15 bits per heavy atom. The van der Waals surface area contributed by atoms with E-state index in [9.17, 15) is 4.79 Å². The van der Waals surface area contributed by atoms with E-state index in [1.165, 1.54) is 0 Å². The number of carbonyl (C=O) groups excluding carboxylic acids is 1. The van der Waals surface area contributed by atoms with Crippen molar-refractivity contribution in [1.82, 2.24) is 4.98 Å². The van der Waals surface area contributed by atoms with Crippen molar-refractivity contribution in [3.05, 3.63) is 64.8 Å². The standard InChI is InChI=1S/C16H12ClNOS/c1-20-12-5-2-10(3-6-12)16(19)14-9-18-15-7-4-11(17)8-13(14)15/h2-9,18H,1H3. The lowest BCUT2D eigenvalue weighted by atomic mass is 10.0. The fraction of sp³-hybridized carbons (Fsp3) is 0.0625. The van der Waals surface area contributed by atoms with Gasteiger partial charge in [0.2, 0.25) is 0 Å². The Morgan fingerprint density at radius 3 is 2.60 bits per heavy atom. The molecule has 2 aromatic carbocycles. The molecule has 0 aliphatic carbocycles. The maximum atomic E-state index is 12.6. The molecule has 2 nitrogen and oxygen atoms in total. The van der Waals surface area contributed by atoms with Crippen LogP contribution in [0, 0.1) is 0 Å². The lowest BCUT2D eigenvalue weighted by Crippen LogP contribution is -1.99. The van der Waals surface area contributed by atoms with Gasteiger partial charge in [0.25, 0.3) is 0 Å². The molecule has 3 aromatic rings. The van der Waals surface area contributed by atoms with Crippen molar-refractivity contribution < 1.29 is 4.79 Å². The average Bonchev–Trinajstić information content (AvgIpc) is 2.89. The van der Waals surface area contributed by atoms with Gasteiger partial charge in [-0.15, -0.1) is 11.8 Å². The number of nitrogens with one attached hydrogen (secondary N) is 1. The first-order valence-electron chi connectivity index (χ1n) is 6.14. The summed E-state index contributed by atoms with van der Waals surface area (Å²) in [6, 6.07) is 13.1. The van der Waals surface area contributed by atoms with Gasteiger partial charge < -0.3 is 4.98 Å². The molecule has 3 rings (SSSR count). The van der Waals surface area contributed by atoms with Crippen LogP contribution in [-0.4, -0.2) is 17.0 Å². The SMILES string of the molecule is CSc1ccc(C(=O)c2c[nH]c3ccc(Cl)cc23)cc1. The highest BCUT2D eigenvalue weighted by molar-refractivity contribution is 7.98. The van der Waals surface area contributed by atoms with Crippen LogP contribution in [0.3, 0.4) is 0 Å². The predicted octanol–water partition coefficient (Wildman–Crippen LogP) is 4.77. The van der Waals surface area contributed by atoms with Crippen molar-refractivity contribution in [3.63, 3.8) is 0 Å². The Hall–Kier alpha value is -1.71. The van der Waals surface area contributed by atoms with Gasteiger partial charge in [-0.3, -0.25) is 4.79 Å². The highest BCUT2D eigenvalue weighted by atomic mass is 35.5. The minimum absolute atomic E-state index is 0.00571. The number of aromatic amines is 1. The van der Waals surface area contributed by atoms with E-state index >= 15 is 0 Å². The Kier molecular flexibility index (Phi) is 3.55. The molecule has 0 saturated carbocycles. The number of ketones is 1. The molecule has 0 fully saturated rings. The number of aromatic nitrogens is 1. The summed E-state index contributed by atoms with van der Waals surface area (Å²) in [5, 5.41) is 1.49. The van der Waals surface area contributed by atoms with Gasteiger partial charge in [-0.1, -0.05) is 11.6 Å². The molecule has 0 unspecified atom stereocenters. The topological polar surface area (TPSA) is 32.9 Å². The highest BCUT2D eigenvalue weighted by Gasteiger charge is 2.14. The zero-order valence-electron chi connectivity index (χ0n) is 10.8. The van der Waals surface area contributed by atoms with E-state index < -0.39 is 0 Å². The first kappa shape index (κ1) is 13.3. The maximum Gasteiger partial charge on any atom is 0.195 e. The van der Waals surface area contributed by atoms with E-state index in [0.717, 1.165) is 15.8 Å². The Bertz CT molecular complexity index is 777. The van der Waals surface area contributed by atoms with Crippen LogP contribution < -0.4 is 0 Å². The molecule has 0 spiro atoms. The molecule has 0 amide bonds. The zero-order valence-corrected chi connectivity index (χ0v) is 12.4. The fourth-order valence-corrected chi connectivity index (χ4v) is 2.76. The highest BCUT2D eigenvalue weighted by Crippen LogP contribution is 2.25. The second kappa shape index (κ2) is 5.35. The van der Waals surface area contributed by atoms with Gasteiger partial charge in [-0.05, 0) is 48.7 Å². The number of benzene rings is 2. The first-order chi connectivity index (χ1) is 9.69. The van der Waals surface area contributed by atoms with Crippen molar-refractivity contribution in [2.24, 2.45) is 0 Å². The lowest BCUT2D eigenvalue weighted by Gasteiger charge is -2.01. The molecule has 1 N–H and O–H groups in total. The number of hydrogen-bond acceptors (Lipinski definition) is 2. The van der Waals surface area contributed by atoms with Crippen LogP contribution in [0.15, 0.2) is 53.6 Å². The van der Waals surface area contributed by atoms with Crippen LogP contribution in [0.5, 0.6) is 0 Å². The summed E-state index contributed by atoms with van der Waals surface area (Å²) in [5.41, 5.74) is 2.25. The fourth-order valence-electron chi connectivity index (χ4n) is 2.18. The molecule has 4 heteroatoms. The smallest absolute Gasteiger partial charge is 0.195 e. The third kappa shape index (κ3) is 2.35. The van der Waals surface area contributed by atoms with E-state index in [0.29, 0.717) is 16.1 Å². The van der Waals surface area contributed by atoms with E-state index in [4.69, 9.17) is 11.6 Å². The second-order valence-corrected chi connectivity index (χ2v) is 5.77. The molecule has 0 bridgehead atoms.